The predicted octanol–water partition coefficient (Wildman–Crippen LogP) is 2.06. The molecule has 0 spiro atoms. The van der Waals surface area contributed by atoms with Gasteiger partial charge in [0, 0.05) is 6.42 Å². The van der Waals surface area contributed by atoms with Crippen LogP contribution in [0.1, 0.15) is 28.7 Å². The van der Waals surface area contributed by atoms with E-state index in [1.807, 2.05) is 62.4 Å². The normalized spacial score (nSPS) is 10.7. The number of nitrogen functional groups attached to an aromatic ring is 1. The number of primary amides is 1. The molecule has 4 N–H and O–H groups in total. The van der Waals surface area contributed by atoms with Gasteiger partial charge in [-0.3, -0.25) is 14.2 Å². The molecule has 10 heteroatoms. The number of carbonyl (C=O) groups is 1. The van der Waals surface area contributed by atoms with Crippen molar-refractivity contribution >= 4 is 28.3 Å². The van der Waals surface area contributed by atoms with E-state index in [4.69, 9.17) is 11.5 Å². The first-order chi connectivity index (χ1) is 15.9. The topological polar surface area (TPSA) is 147 Å². The minimum Gasteiger partial charge on any atom is -0.381 e. The Bertz CT molecular complexity index is 1520. The molecule has 1 amide bonds. The molecule has 3 heterocycles. The lowest BCUT2D eigenvalue weighted by atomic mass is 10.1. The van der Waals surface area contributed by atoms with Gasteiger partial charge in [0.15, 0.2) is 11.5 Å². The van der Waals surface area contributed by atoms with Crippen LogP contribution in [0.15, 0.2) is 66.0 Å². The number of rotatable bonds is 3. The Balaban J connectivity index is 0.000000172. The molecule has 0 fully saturated rings. The molecule has 0 unspecified atom stereocenters. The zero-order valence-electron chi connectivity index (χ0n) is 18.1. The van der Waals surface area contributed by atoms with Gasteiger partial charge in [-0.1, -0.05) is 37.3 Å². The molecule has 2 aromatic carbocycles. The van der Waals surface area contributed by atoms with Gasteiger partial charge in [0.25, 0.3) is 11.5 Å². The second-order valence-corrected chi connectivity index (χ2v) is 7.23. The Kier molecular flexibility index (Phi) is 5.81. The molecular formula is C23H22N8O2. The summed E-state index contributed by atoms with van der Waals surface area (Å²) in [5.74, 6) is 0.207. The van der Waals surface area contributed by atoms with Crippen molar-refractivity contribution in [3.8, 4) is 5.69 Å². The van der Waals surface area contributed by atoms with Gasteiger partial charge >= 0.3 is 0 Å². The summed E-state index contributed by atoms with van der Waals surface area (Å²) in [6.07, 6.45) is 3.40. The third-order valence-electron chi connectivity index (χ3n) is 5.09. The highest BCUT2D eigenvalue weighted by Gasteiger charge is 2.16. The summed E-state index contributed by atoms with van der Waals surface area (Å²) >= 11 is 0. The average Bonchev–Trinajstić information content (AvgIpc) is 3.15. The van der Waals surface area contributed by atoms with Crippen molar-refractivity contribution in [1.82, 2.24) is 29.1 Å². The zero-order valence-corrected chi connectivity index (χ0v) is 18.1. The molecule has 0 atom stereocenters. The van der Waals surface area contributed by atoms with E-state index in [1.165, 1.54) is 17.2 Å². The van der Waals surface area contributed by atoms with Gasteiger partial charge in [-0.15, -0.1) is 5.10 Å². The second kappa shape index (κ2) is 8.87. The molecule has 0 aliphatic rings. The summed E-state index contributed by atoms with van der Waals surface area (Å²) in [5, 5.41) is 4.51. The van der Waals surface area contributed by atoms with Crippen LogP contribution in [0.25, 0.3) is 22.2 Å². The first-order valence-electron chi connectivity index (χ1n) is 10.2. The van der Waals surface area contributed by atoms with Crippen molar-refractivity contribution in [2.75, 3.05) is 5.73 Å². The van der Waals surface area contributed by atoms with Crippen LogP contribution in [0.4, 0.5) is 5.82 Å². The summed E-state index contributed by atoms with van der Waals surface area (Å²) in [4.78, 5) is 36.0. The van der Waals surface area contributed by atoms with Gasteiger partial charge in [0.1, 0.15) is 24.0 Å². The summed E-state index contributed by atoms with van der Waals surface area (Å²) < 4.78 is 3.02. The zero-order chi connectivity index (χ0) is 23.5. The minimum absolute atomic E-state index is 0.0103. The molecule has 166 valence electrons. The number of nitrogens with zero attached hydrogens (tertiary/aromatic N) is 6. The van der Waals surface area contributed by atoms with Crippen LogP contribution in [0.3, 0.4) is 0 Å². The van der Waals surface area contributed by atoms with Crippen molar-refractivity contribution in [2.45, 2.75) is 20.3 Å². The maximum atomic E-state index is 12.9. The number of anilines is 1. The van der Waals surface area contributed by atoms with Crippen LogP contribution < -0.4 is 17.0 Å². The molecule has 10 nitrogen and oxygen atoms in total. The Labute approximate surface area is 188 Å². The molecule has 33 heavy (non-hydrogen) atoms. The Morgan fingerprint density at radius 3 is 2.55 bits per heavy atom. The van der Waals surface area contributed by atoms with Crippen LogP contribution in [-0.2, 0) is 6.42 Å². The minimum atomic E-state index is -0.647. The predicted molar refractivity (Wildman–Crippen MR) is 125 cm³/mol. The van der Waals surface area contributed by atoms with Gasteiger partial charge in [-0.2, -0.15) is 0 Å². The van der Waals surface area contributed by atoms with Gasteiger partial charge < -0.3 is 11.5 Å². The number of carbonyl (C=O) groups excluding carboxylic acids is 1. The third-order valence-corrected chi connectivity index (χ3v) is 5.09. The van der Waals surface area contributed by atoms with Crippen LogP contribution in [-0.4, -0.2) is 35.0 Å². The molecule has 5 rings (SSSR count). The van der Waals surface area contributed by atoms with Crippen molar-refractivity contribution in [1.29, 1.82) is 0 Å². The monoisotopic (exact) mass is 442 g/mol. The number of aromatic nitrogens is 6. The largest absolute Gasteiger partial charge is 0.381 e. The lowest BCUT2D eigenvalue weighted by Crippen LogP contribution is -2.24. The van der Waals surface area contributed by atoms with Crippen molar-refractivity contribution < 1.29 is 4.79 Å². The molecule has 5 aromatic rings. The Morgan fingerprint density at radius 2 is 1.85 bits per heavy atom. The van der Waals surface area contributed by atoms with Crippen LogP contribution in [0.2, 0.25) is 0 Å². The Morgan fingerprint density at radius 1 is 1.09 bits per heavy atom. The number of amides is 1. The molecule has 0 saturated carbocycles. The smallest absolute Gasteiger partial charge is 0.266 e. The van der Waals surface area contributed by atoms with Crippen molar-refractivity contribution in [3.63, 3.8) is 0 Å². The maximum absolute atomic E-state index is 12.9. The molecule has 0 bridgehead atoms. The molecule has 0 radical (unpaired) electrons. The van der Waals surface area contributed by atoms with Crippen LogP contribution in [0.5, 0.6) is 0 Å². The highest BCUT2D eigenvalue weighted by Crippen LogP contribution is 2.16. The number of hydrogen-bond donors (Lipinski definition) is 2. The molecular weight excluding hydrogens is 420 g/mol. The SMILES string of the molecule is CCc1nc2cccc(C)c2c(=O)n1-c1ccccc1.NC(=O)c1c(N)nn2cncnc12. The van der Waals surface area contributed by atoms with E-state index in [0.29, 0.717) is 17.5 Å². The van der Waals surface area contributed by atoms with E-state index in [0.717, 1.165) is 22.6 Å². The highest BCUT2D eigenvalue weighted by atomic mass is 16.1. The quantitative estimate of drug-likeness (QED) is 0.434. The fraction of sp³-hybridized carbons (Fsp3) is 0.130. The average molecular weight is 442 g/mol. The van der Waals surface area contributed by atoms with E-state index < -0.39 is 5.91 Å². The van der Waals surface area contributed by atoms with Gasteiger partial charge in [-0.05, 0) is 30.7 Å². The van der Waals surface area contributed by atoms with Gasteiger partial charge in [0.05, 0.1) is 16.6 Å². The number of benzene rings is 2. The number of aryl methyl sites for hydroxylation is 2. The van der Waals surface area contributed by atoms with Gasteiger partial charge in [0.2, 0.25) is 0 Å². The van der Waals surface area contributed by atoms with E-state index in [-0.39, 0.29) is 16.9 Å². The fourth-order valence-electron chi connectivity index (χ4n) is 3.59. The number of para-hydroxylation sites is 1. The summed E-state index contributed by atoms with van der Waals surface area (Å²) in [6.45, 7) is 3.97. The summed E-state index contributed by atoms with van der Waals surface area (Å²) in [5.41, 5.74) is 13.6. The highest BCUT2D eigenvalue weighted by molar-refractivity contribution is 6.03. The third kappa shape index (κ3) is 4.01. The first kappa shape index (κ1) is 21.6. The fourth-order valence-corrected chi connectivity index (χ4v) is 3.59. The molecule has 3 aromatic heterocycles. The van der Waals surface area contributed by atoms with Crippen LogP contribution >= 0.6 is 0 Å². The number of fused-ring (bicyclic) bond motifs is 2. The van der Waals surface area contributed by atoms with Crippen LogP contribution in [0, 0.1) is 6.92 Å². The lowest BCUT2D eigenvalue weighted by molar-refractivity contribution is 0.100. The van der Waals surface area contributed by atoms with Crippen molar-refractivity contribution in [2.24, 2.45) is 5.73 Å². The summed E-state index contributed by atoms with van der Waals surface area (Å²) in [6, 6.07) is 15.5. The molecule has 0 aliphatic heterocycles. The Hall–Kier alpha value is -4.60. The summed E-state index contributed by atoms with van der Waals surface area (Å²) in [7, 11) is 0. The van der Waals surface area contributed by atoms with E-state index in [1.54, 1.807) is 4.57 Å². The van der Waals surface area contributed by atoms with E-state index in [9.17, 15) is 9.59 Å². The maximum Gasteiger partial charge on any atom is 0.266 e. The second-order valence-electron chi connectivity index (χ2n) is 7.23. The van der Waals surface area contributed by atoms with Gasteiger partial charge in [-0.25, -0.2) is 19.5 Å². The van der Waals surface area contributed by atoms with E-state index >= 15 is 0 Å². The van der Waals surface area contributed by atoms with Crippen molar-refractivity contribution in [3.05, 3.63) is 88.5 Å². The molecule has 0 aliphatic carbocycles. The number of hydrogen-bond acceptors (Lipinski definition) is 7. The first-order valence-corrected chi connectivity index (χ1v) is 10.2. The van der Waals surface area contributed by atoms with E-state index in [2.05, 4.69) is 20.1 Å². The lowest BCUT2D eigenvalue weighted by Gasteiger charge is -2.13. The standard InChI is InChI=1S/C17H16N2O.C6H6N6O/c1-3-15-18-14-11-7-8-12(2)16(14)17(20)19(15)13-9-5-4-6-10-13;7-4-3(5(8)13)6-10-1-9-2-12(6)11-4/h4-11H,3H2,1-2H3;1-2H,(H2,7,11)(H2,8,13). The molecule has 0 saturated heterocycles. The number of nitrogens with two attached hydrogens (primary N) is 2.